The zero-order valence-corrected chi connectivity index (χ0v) is 26.3. The van der Waals surface area contributed by atoms with Crippen LogP contribution in [-0.4, -0.2) is 19.7 Å². The Balaban J connectivity index is 1.31. The van der Waals surface area contributed by atoms with Crippen LogP contribution in [-0.2, 0) is 5.41 Å². The van der Waals surface area contributed by atoms with Crippen molar-refractivity contribution in [2.24, 2.45) is 0 Å². The number of anilines is 4. The Morgan fingerprint density at radius 1 is 0.431 bits per heavy atom. The first kappa shape index (κ1) is 32.1. The number of rotatable bonds is 10. The Morgan fingerprint density at radius 3 is 1.16 bits per heavy atom. The average molecular weight is 681 g/mol. The number of nitro benzene ring substituents is 4. The van der Waals surface area contributed by atoms with Crippen molar-refractivity contribution in [1.29, 1.82) is 0 Å². The summed E-state index contributed by atoms with van der Waals surface area (Å²) in [5.74, 6) is 0. The average Bonchev–Trinajstić information content (AvgIpc) is 3.43. The lowest BCUT2D eigenvalue weighted by molar-refractivity contribution is -0.393. The minimum Gasteiger partial charge on any atom is -0.350 e. The van der Waals surface area contributed by atoms with E-state index in [9.17, 15) is 40.5 Å². The van der Waals surface area contributed by atoms with Gasteiger partial charge in [0.05, 0.1) is 37.2 Å². The summed E-state index contributed by atoms with van der Waals surface area (Å²) in [4.78, 5) is 43.2. The lowest BCUT2D eigenvalue weighted by Gasteiger charge is -2.34. The summed E-state index contributed by atoms with van der Waals surface area (Å²) in [7, 11) is 0. The van der Waals surface area contributed by atoms with Crippen LogP contribution in [0.25, 0.3) is 11.1 Å². The van der Waals surface area contributed by atoms with Gasteiger partial charge < -0.3 is 10.6 Å². The first-order valence-corrected chi connectivity index (χ1v) is 15.4. The summed E-state index contributed by atoms with van der Waals surface area (Å²) >= 11 is 0. The molecule has 0 aromatic heterocycles. The Morgan fingerprint density at radius 2 is 0.804 bits per heavy atom. The summed E-state index contributed by atoms with van der Waals surface area (Å²) < 4.78 is 0. The summed E-state index contributed by atoms with van der Waals surface area (Å²) in [5, 5.41) is 52.0. The second kappa shape index (κ2) is 12.5. The Kier molecular flexibility index (Phi) is 7.88. The number of hydrogen-bond acceptors (Lipinski definition) is 10. The summed E-state index contributed by atoms with van der Waals surface area (Å²) in [6.45, 7) is 0. The highest BCUT2D eigenvalue weighted by molar-refractivity contribution is 5.86. The van der Waals surface area contributed by atoms with Gasteiger partial charge in [0.2, 0.25) is 0 Å². The van der Waals surface area contributed by atoms with Gasteiger partial charge in [0.25, 0.3) is 22.7 Å². The molecule has 0 saturated heterocycles. The lowest BCUT2D eigenvalue weighted by atomic mass is 9.67. The van der Waals surface area contributed by atoms with Crippen molar-refractivity contribution in [2.75, 3.05) is 10.6 Å². The molecular weight excluding hydrogens is 656 g/mol. The second-order valence-corrected chi connectivity index (χ2v) is 11.7. The molecule has 14 nitrogen and oxygen atoms in total. The zero-order valence-electron chi connectivity index (χ0n) is 26.3. The van der Waals surface area contributed by atoms with Gasteiger partial charge in [-0.15, -0.1) is 0 Å². The molecule has 6 aromatic rings. The molecule has 0 spiro atoms. The zero-order chi connectivity index (χ0) is 35.9. The summed E-state index contributed by atoms with van der Waals surface area (Å²) in [6, 6.07) is 37.8. The molecule has 0 saturated carbocycles. The maximum absolute atomic E-state index is 11.7. The third-order valence-electron chi connectivity index (χ3n) is 8.92. The molecule has 1 aliphatic rings. The van der Waals surface area contributed by atoms with Crippen molar-refractivity contribution in [1.82, 2.24) is 0 Å². The van der Waals surface area contributed by atoms with E-state index >= 15 is 0 Å². The van der Waals surface area contributed by atoms with Crippen LogP contribution in [0, 0.1) is 40.5 Å². The highest BCUT2D eigenvalue weighted by atomic mass is 16.6. The number of fused-ring (bicyclic) bond motifs is 3. The van der Waals surface area contributed by atoms with Gasteiger partial charge in [0.15, 0.2) is 0 Å². The molecule has 1 aliphatic carbocycles. The molecule has 0 bridgehead atoms. The monoisotopic (exact) mass is 680 g/mol. The maximum atomic E-state index is 11.7. The van der Waals surface area contributed by atoms with E-state index in [1.54, 1.807) is 24.3 Å². The van der Waals surface area contributed by atoms with Crippen molar-refractivity contribution in [3.05, 3.63) is 196 Å². The van der Waals surface area contributed by atoms with Crippen LogP contribution in [0.5, 0.6) is 0 Å². The molecule has 0 unspecified atom stereocenters. The van der Waals surface area contributed by atoms with Crippen molar-refractivity contribution in [3.63, 3.8) is 0 Å². The molecule has 6 aromatic carbocycles. The van der Waals surface area contributed by atoms with Crippen LogP contribution in [0.3, 0.4) is 0 Å². The molecule has 0 fully saturated rings. The van der Waals surface area contributed by atoms with Gasteiger partial charge in [-0.1, -0.05) is 72.8 Å². The molecule has 14 heteroatoms. The third-order valence-corrected chi connectivity index (χ3v) is 8.92. The van der Waals surface area contributed by atoms with Gasteiger partial charge >= 0.3 is 0 Å². The van der Waals surface area contributed by atoms with E-state index in [0.717, 1.165) is 45.5 Å². The van der Waals surface area contributed by atoms with E-state index in [4.69, 9.17) is 0 Å². The predicted octanol–water partition coefficient (Wildman–Crippen LogP) is 9.17. The number of non-ortho nitro benzene ring substituents is 2. The van der Waals surface area contributed by atoms with Gasteiger partial charge in [-0.05, 0) is 69.8 Å². The molecule has 0 amide bonds. The Labute approximate surface area is 288 Å². The number of nitrogens with zero attached hydrogens (tertiary/aromatic N) is 4. The van der Waals surface area contributed by atoms with Gasteiger partial charge in [0, 0.05) is 23.5 Å². The summed E-state index contributed by atoms with van der Waals surface area (Å²) in [6.07, 6.45) is 0. The Bertz CT molecular complexity index is 2230. The normalized spacial score (nSPS) is 12.3. The molecule has 0 heterocycles. The minimum atomic E-state index is -0.817. The number of benzene rings is 6. The molecule has 51 heavy (non-hydrogen) atoms. The molecule has 250 valence electrons. The van der Waals surface area contributed by atoms with Crippen LogP contribution in [0.15, 0.2) is 133 Å². The maximum Gasteiger partial charge on any atom is 0.299 e. The first-order chi connectivity index (χ1) is 24.6. The van der Waals surface area contributed by atoms with E-state index in [-0.39, 0.29) is 11.4 Å². The fourth-order valence-corrected chi connectivity index (χ4v) is 6.72. The van der Waals surface area contributed by atoms with E-state index in [1.165, 1.54) is 24.3 Å². The second-order valence-electron chi connectivity index (χ2n) is 11.7. The molecule has 0 atom stereocenters. The molecule has 0 radical (unpaired) electrons. The van der Waals surface area contributed by atoms with E-state index in [1.807, 2.05) is 48.5 Å². The highest BCUT2D eigenvalue weighted by Gasteiger charge is 2.45. The molecule has 0 aliphatic heterocycles. The first-order valence-electron chi connectivity index (χ1n) is 15.4. The standard InChI is InChI=1S/C37H24N6O8/c44-40(45)27-17-19-33(35(21-27)42(48)49)38-25-13-9-23(10-14-25)37(31-7-3-1-5-29(31)30-6-2-4-8-32(30)37)24-11-15-26(16-12-24)39-34-20-18-28(41(46)47)22-36(34)43(50)51/h1-22,38-39H. The quantitative estimate of drug-likeness (QED) is 0.104. The van der Waals surface area contributed by atoms with E-state index < -0.39 is 47.9 Å². The SMILES string of the molecule is O=[N+]([O-])c1ccc(Nc2ccc(C3(c4ccc(Nc5ccc([N+](=O)[O-])cc5[N+](=O)[O-])cc4)c4ccccc4-c4ccccc43)cc2)c([N+](=O)[O-])c1. The Hall–Kier alpha value is -7.48. The van der Waals surface area contributed by atoms with Crippen molar-refractivity contribution >= 4 is 45.5 Å². The molecule has 2 N–H and O–H groups in total. The van der Waals surface area contributed by atoms with Crippen molar-refractivity contribution in [3.8, 4) is 11.1 Å². The number of nitro groups is 4. The van der Waals surface area contributed by atoms with E-state index in [2.05, 4.69) is 34.9 Å². The van der Waals surface area contributed by atoms with E-state index in [0.29, 0.717) is 11.4 Å². The smallest absolute Gasteiger partial charge is 0.299 e. The topological polar surface area (TPSA) is 197 Å². The largest absolute Gasteiger partial charge is 0.350 e. The van der Waals surface area contributed by atoms with Crippen LogP contribution >= 0.6 is 0 Å². The molecule has 7 rings (SSSR count). The van der Waals surface area contributed by atoms with Gasteiger partial charge in [-0.2, -0.15) is 0 Å². The van der Waals surface area contributed by atoms with Gasteiger partial charge in [-0.3, -0.25) is 40.5 Å². The van der Waals surface area contributed by atoms with Gasteiger partial charge in [-0.25, -0.2) is 0 Å². The number of hydrogen-bond donors (Lipinski definition) is 2. The van der Waals surface area contributed by atoms with Crippen LogP contribution in [0.4, 0.5) is 45.5 Å². The third kappa shape index (κ3) is 5.51. The van der Waals surface area contributed by atoms with Crippen molar-refractivity contribution < 1.29 is 19.7 Å². The van der Waals surface area contributed by atoms with Crippen LogP contribution in [0.1, 0.15) is 22.3 Å². The lowest BCUT2D eigenvalue weighted by Crippen LogP contribution is -2.28. The van der Waals surface area contributed by atoms with Crippen LogP contribution in [0.2, 0.25) is 0 Å². The fourth-order valence-electron chi connectivity index (χ4n) is 6.72. The predicted molar refractivity (Wildman–Crippen MR) is 190 cm³/mol. The minimum absolute atomic E-state index is 0.0981. The summed E-state index contributed by atoms with van der Waals surface area (Å²) in [5.41, 5.74) is 4.66. The van der Waals surface area contributed by atoms with Crippen molar-refractivity contribution in [2.45, 2.75) is 5.41 Å². The molecular formula is C37H24N6O8. The fraction of sp³-hybridized carbons (Fsp3) is 0.0270. The van der Waals surface area contributed by atoms with Gasteiger partial charge in [0.1, 0.15) is 11.4 Å². The van der Waals surface area contributed by atoms with Crippen LogP contribution < -0.4 is 10.6 Å². The highest BCUT2D eigenvalue weighted by Crippen LogP contribution is 2.56. The number of nitrogens with one attached hydrogen (secondary N) is 2.